The average Bonchev–Trinajstić information content (AvgIpc) is 2.71. The first-order valence-electron chi connectivity index (χ1n) is 8.54. The van der Waals surface area contributed by atoms with E-state index in [4.69, 9.17) is 4.74 Å². The summed E-state index contributed by atoms with van der Waals surface area (Å²) in [6, 6.07) is 11.0. The van der Waals surface area contributed by atoms with Crippen molar-refractivity contribution in [3.63, 3.8) is 0 Å². The van der Waals surface area contributed by atoms with Crippen LogP contribution in [0, 0.1) is 0 Å². The summed E-state index contributed by atoms with van der Waals surface area (Å²) in [5.41, 5.74) is 0.868. The van der Waals surface area contributed by atoms with Gasteiger partial charge in [0.25, 0.3) is 0 Å². The molecule has 3 nitrogen and oxygen atoms in total. The zero-order valence-electron chi connectivity index (χ0n) is 14.8. The second-order valence-electron chi connectivity index (χ2n) is 7.28. The van der Waals surface area contributed by atoms with Crippen molar-refractivity contribution in [3.05, 3.63) is 48.0 Å². The van der Waals surface area contributed by atoms with Crippen LogP contribution < -0.4 is 0 Å². The molecule has 2 rings (SSSR count). The normalized spacial score (nSPS) is 20.8. The van der Waals surface area contributed by atoms with Crippen LogP contribution in [0.2, 0.25) is 0 Å². The van der Waals surface area contributed by atoms with Crippen LogP contribution in [0.5, 0.6) is 0 Å². The Morgan fingerprint density at radius 3 is 2.61 bits per heavy atom. The maximum atomic E-state index is 12.3. The van der Waals surface area contributed by atoms with Crippen molar-refractivity contribution in [1.82, 2.24) is 4.90 Å². The van der Waals surface area contributed by atoms with E-state index in [1.807, 2.05) is 26.8 Å². The Balaban J connectivity index is 2.10. The molecule has 1 aliphatic rings. The highest BCUT2D eigenvalue weighted by Crippen LogP contribution is 2.28. The molecule has 0 radical (unpaired) electrons. The van der Waals surface area contributed by atoms with Crippen molar-refractivity contribution in [2.45, 2.75) is 64.6 Å². The van der Waals surface area contributed by atoms with E-state index in [-0.39, 0.29) is 18.1 Å². The van der Waals surface area contributed by atoms with E-state index in [0.29, 0.717) is 6.42 Å². The van der Waals surface area contributed by atoms with Crippen molar-refractivity contribution >= 4 is 5.97 Å². The third-order valence-corrected chi connectivity index (χ3v) is 4.22. The van der Waals surface area contributed by atoms with Crippen LogP contribution in [0.15, 0.2) is 42.5 Å². The van der Waals surface area contributed by atoms with Gasteiger partial charge in [0.1, 0.15) is 5.60 Å². The lowest BCUT2D eigenvalue weighted by atomic mass is 10.0. The topological polar surface area (TPSA) is 29.5 Å². The van der Waals surface area contributed by atoms with Crippen LogP contribution in [0.1, 0.15) is 58.6 Å². The lowest BCUT2D eigenvalue weighted by molar-refractivity contribution is -0.156. The molecule has 0 aromatic heterocycles. The van der Waals surface area contributed by atoms with Crippen LogP contribution >= 0.6 is 0 Å². The predicted octanol–water partition coefficient (Wildman–Crippen LogP) is 4.50. The van der Waals surface area contributed by atoms with Gasteiger partial charge in [0.15, 0.2) is 0 Å². The van der Waals surface area contributed by atoms with E-state index < -0.39 is 5.60 Å². The summed E-state index contributed by atoms with van der Waals surface area (Å²) in [5, 5.41) is 0. The zero-order chi connectivity index (χ0) is 16.9. The van der Waals surface area contributed by atoms with Crippen molar-refractivity contribution in [2.24, 2.45) is 0 Å². The van der Waals surface area contributed by atoms with E-state index in [2.05, 4.69) is 48.2 Å². The van der Waals surface area contributed by atoms with Gasteiger partial charge in [-0.25, -0.2) is 0 Å². The molecule has 0 aliphatic carbocycles. The summed E-state index contributed by atoms with van der Waals surface area (Å²) < 4.78 is 5.53. The summed E-state index contributed by atoms with van der Waals surface area (Å²) in [6.45, 7) is 8.86. The monoisotopic (exact) mass is 315 g/mol. The lowest BCUT2D eigenvalue weighted by Crippen LogP contribution is -2.39. The third kappa shape index (κ3) is 5.51. The molecule has 1 aromatic rings. The molecule has 0 amide bonds. The van der Waals surface area contributed by atoms with Crippen LogP contribution in [0.3, 0.4) is 0 Å². The molecule has 1 heterocycles. The molecule has 23 heavy (non-hydrogen) atoms. The molecular formula is C20H29NO2. The molecule has 1 aliphatic heterocycles. The average molecular weight is 315 g/mol. The van der Waals surface area contributed by atoms with Gasteiger partial charge in [-0.3, -0.25) is 9.69 Å². The number of carbonyl (C=O) groups excluding carboxylic acids is 1. The first kappa shape index (κ1) is 17.7. The maximum absolute atomic E-state index is 12.3. The number of benzene rings is 1. The molecule has 0 fully saturated rings. The minimum Gasteiger partial charge on any atom is -0.460 e. The van der Waals surface area contributed by atoms with E-state index in [9.17, 15) is 4.79 Å². The van der Waals surface area contributed by atoms with E-state index in [1.165, 1.54) is 5.56 Å². The molecule has 3 heteroatoms. The molecule has 0 saturated carbocycles. The molecular weight excluding hydrogens is 286 g/mol. The fourth-order valence-electron chi connectivity index (χ4n) is 3.11. The van der Waals surface area contributed by atoms with Crippen LogP contribution in [-0.2, 0) is 9.53 Å². The summed E-state index contributed by atoms with van der Waals surface area (Å²) >= 11 is 0. The van der Waals surface area contributed by atoms with Crippen molar-refractivity contribution in [3.8, 4) is 0 Å². The molecule has 0 spiro atoms. The van der Waals surface area contributed by atoms with Crippen LogP contribution in [0.4, 0.5) is 0 Å². The summed E-state index contributed by atoms with van der Waals surface area (Å²) in [4.78, 5) is 14.7. The molecule has 2 atom stereocenters. The van der Waals surface area contributed by atoms with Gasteiger partial charge in [-0.2, -0.15) is 0 Å². The Morgan fingerprint density at radius 1 is 1.26 bits per heavy atom. The number of carbonyl (C=O) groups is 1. The Hall–Kier alpha value is -1.61. The highest BCUT2D eigenvalue weighted by Gasteiger charge is 2.28. The first-order chi connectivity index (χ1) is 10.9. The maximum Gasteiger partial charge on any atom is 0.307 e. The molecule has 0 saturated heterocycles. The Morgan fingerprint density at radius 2 is 1.96 bits per heavy atom. The van der Waals surface area contributed by atoms with E-state index in [0.717, 1.165) is 19.4 Å². The van der Waals surface area contributed by atoms with Gasteiger partial charge in [0.05, 0.1) is 6.42 Å². The van der Waals surface area contributed by atoms with Gasteiger partial charge < -0.3 is 4.74 Å². The predicted molar refractivity (Wildman–Crippen MR) is 94.2 cm³/mol. The van der Waals surface area contributed by atoms with E-state index >= 15 is 0 Å². The molecule has 0 N–H and O–H groups in total. The number of allylic oxidation sites excluding steroid dienone is 1. The SMILES string of the molecule is C[C@H](c1ccccc1)N1CC=CCC[C@@H]1CC(=O)OC(C)(C)C. The third-order valence-electron chi connectivity index (χ3n) is 4.22. The van der Waals surface area contributed by atoms with Gasteiger partial charge >= 0.3 is 5.97 Å². The zero-order valence-corrected chi connectivity index (χ0v) is 14.8. The molecule has 0 bridgehead atoms. The Labute approximate surface area is 140 Å². The van der Waals surface area contributed by atoms with Crippen molar-refractivity contribution in [1.29, 1.82) is 0 Å². The number of rotatable bonds is 4. The number of hydrogen-bond acceptors (Lipinski definition) is 3. The van der Waals surface area contributed by atoms with E-state index in [1.54, 1.807) is 0 Å². The second-order valence-corrected chi connectivity index (χ2v) is 7.28. The quantitative estimate of drug-likeness (QED) is 0.605. The van der Waals surface area contributed by atoms with Gasteiger partial charge in [-0.05, 0) is 46.1 Å². The Kier molecular flexibility index (Phi) is 6.00. The largest absolute Gasteiger partial charge is 0.460 e. The minimum atomic E-state index is -0.421. The molecule has 1 aromatic carbocycles. The van der Waals surface area contributed by atoms with Crippen LogP contribution in [-0.4, -0.2) is 29.1 Å². The molecule has 126 valence electrons. The minimum absolute atomic E-state index is 0.102. The smallest absolute Gasteiger partial charge is 0.307 e. The number of nitrogens with zero attached hydrogens (tertiary/aromatic N) is 1. The van der Waals surface area contributed by atoms with Gasteiger partial charge in [-0.1, -0.05) is 42.5 Å². The van der Waals surface area contributed by atoms with Crippen molar-refractivity contribution in [2.75, 3.05) is 6.54 Å². The first-order valence-corrected chi connectivity index (χ1v) is 8.54. The summed E-state index contributed by atoms with van der Waals surface area (Å²) in [7, 11) is 0. The van der Waals surface area contributed by atoms with Gasteiger partial charge in [0, 0.05) is 18.6 Å². The fourth-order valence-corrected chi connectivity index (χ4v) is 3.11. The highest BCUT2D eigenvalue weighted by molar-refractivity contribution is 5.70. The molecule has 0 unspecified atom stereocenters. The Bertz CT molecular complexity index is 530. The van der Waals surface area contributed by atoms with Gasteiger partial charge in [0.2, 0.25) is 0 Å². The second kappa shape index (κ2) is 7.78. The van der Waals surface area contributed by atoms with Crippen LogP contribution in [0.25, 0.3) is 0 Å². The number of esters is 1. The van der Waals surface area contributed by atoms with Crippen molar-refractivity contribution < 1.29 is 9.53 Å². The van der Waals surface area contributed by atoms with Gasteiger partial charge in [-0.15, -0.1) is 0 Å². The standard InChI is InChI=1S/C20H29NO2/c1-16(17-11-7-5-8-12-17)21-14-10-6-9-13-18(21)15-19(22)23-20(2,3)4/h5-8,10-12,16,18H,9,13-15H2,1-4H3/t16-,18-/m1/s1. The highest BCUT2D eigenvalue weighted by atomic mass is 16.6. The number of hydrogen-bond donors (Lipinski definition) is 0. The summed E-state index contributed by atoms with van der Waals surface area (Å²) in [5.74, 6) is -0.102. The fraction of sp³-hybridized carbons (Fsp3) is 0.550. The lowest BCUT2D eigenvalue weighted by Gasteiger charge is -2.35. The summed E-state index contributed by atoms with van der Waals surface area (Å²) in [6.07, 6.45) is 6.91. The number of ether oxygens (including phenoxy) is 1.